The third kappa shape index (κ3) is 1.51. The van der Waals surface area contributed by atoms with Crippen molar-refractivity contribution in [3.8, 4) is 0 Å². The molecule has 0 radical (unpaired) electrons. The van der Waals surface area contributed by atoms with Gasteiger partial charge < -0.3 is 0 Å². The Kier molecular flexibility index (Phi) is 2.16. The van der Waals surface area contributed by atoms with Crippen molar-refractivity contribution in [2.45, 2.75) is 24.7 Å². The number of ketones is 1. The molecule has 13 heavy (non-hydrogen) atoms. The number of hydrogen-bond donors (Lipinski definition) is 0. The summed E-state index contributed by atoms with van der Waals surface area (Å²) in [6, 6.07) is 6.04. The zero-order valence-electron chi connectivity index (χ0n) is 7.83. The molecule has 0 bridgehead atoms. The van der Waals surface area contributed by atoms with Crippen LogP contribution in [0.4, 0.5) is 0 Å². The molecule has 0 aliphatic carbocycles. The predicted octanol–water partition coefficient (Wildman–Crippen LogP) is 3.10. The summed E-state index contributed by atoms with van der Waals surface area (Å²) in [5, 5.41) is 0. The predicted molar refractivity (Wildman–Crippen MR) is 55.6 cm³/mol. The van der Waals surface area contributed by atoms with Crippen LogP contribution in [0.2, 0.25) is 0 Å². The van der Waals surface area contributed by atoms with Crippen molar-refractivity contribution in [3.63, 3.8) is 0 Å². The van der Waals surface area contributed by atoms with Crippen LogP contribution < -0.4 is 0 Å². The van der Waals surface area contributed by atoms with Gasteiger partial charge in [-0.2, -0.15) is 0 Å². The van der Waals surface area contributed by atoms with Crippen molar-refractivity contribution in [1.29, 1.82) is 0 Å². The molecule has 0 amide bonds. The Bertz CT molecular complexity index is 357. The van der Waals surface area contributed by atoms with Crippen LogP contribution in [0, 0.1) is 0 Å². The fourth-order valence-electron chi connectivity index (χ4n) is 1.59. The number of carbonyl (C=O) groups is 1. The summed E-state index contributed by atoms with van der Waals surface area (Å²) in [7, 11) is 0. The average Bonchev–Trinajstić information content (AvgIpc) is 2.47. The van der Waals surface area contributed by atoms with Crippen molar-refractivity contribution in [3.05, 3.63) is 29.3 Å². The summed E-state index contributed by atoms with van der Waals surface area (Å²) < 4.78 is 0. The largest absolute Gasteiger partial charge is 0.295 e. The highest BCUT2D eigenvalue weighted by Crippen LogP contribution is 2.39. The van der Waals surface area contributed by atoms with E-state index in [1.807, 2.05) is 23.9 Å². The molecule has 1 unspecified atom stereocenters. The summed E-state index contributed by atoms with van der Waals surface area (Å²) in [6.07, 6.45) is 0. The summed E-state index contributed by atoms with van der Waals surface area (Å²) in [6.45, 7) is 3.83. The van der Waals surface area contributed by atoms with Crippen LogP contribution >= 0.6 is 11.8 Å². The molecule has 68 valence electrons. The van der Waals surface area contributed by atoms with Crippen molar-refractivity contribution in [1.82, 2.24) is 0 Å². The minimum absolute atomic E-state index is 0.159. The van der Waals surface area contributed by atoms with E-state index in [0.29, 0.717) is 5.92 Å². The van der Waals surface area contributed by atoms with Crippen LogP contribution in [0.5, 0.6) is 0 Å². The van der Waals surface area contributed by atoms with Crippen LogP contribution in [0.1, 0.15) is 35.7 Å². The Hall–Kier alpha value is -0.760. The van der Waals surface area contributed by atoms with Crippen molar-refractivity contribution in [2.75, 3.05) is 5.75 Å². The molecule has 1 aliphatic heterocycles. The second-order valence-electron chi connectivity index (χ2n) is 3.52. The van der Waals surface area contributed by atoms with Gasteiger partial charge in [0.1, 0.15) is 0 Å². The van der Waals surface area contributed by atoms with Gasteiger partial charge in [-0.05, 0) is 30.5 Å². The average molecular weight is 192 g/mol. The summed E-state index contributed by atoms with van der Waals surface area (Å²) in [5.41, 5.74) is 2.19. The summed E-state index contributed by atoms with van der Waals surface area (Å²) >= 11 is 1.89. The van der Waals surface area contributed by atoms with Gasteiger partial charge >= 0.3 is 0 Å². The van der Waals surface area contributed by atoms with E-state index in [-0.39, 0.29) is 5.78 Å². The lowest BCUT2D eigenvalue weighted by Gasteiger charge is -2.04. The number of carbonyl (C=O) groups excluding carboxylic acids is 1. The second-order valence-corrected chi connectivity index (χ2v) is 4.58. The van der Waals surface area contributed by atoms with Crippen LogP contribution in [-0.4, -0.2) is 11.5 Å². The van der Waals surface area contributed by atoms with Crippen LogP contribution in [0.3, 0.4) is 0 Å². The van der Waals surface area contributed by atoms with Crippen LogP contribution in [0.15, 0.2) is 23.1 Å². The van der Waals surface area contributed by atoms with Crippen LogP contribution in [0.25, 0.3) is 0 Å². The SMILES string of the molecule is CC(=O)c1ccc2c(c1)C(C)CS2. The molecule has 0 aromatic heterocycles. The first-order valence-corrected chi connectivity index (χ1v) is 5.44. The molecule has 2 heteroatoms. The Morgan fingerprint density at radius 3 is 3.00 bits per heavy atom. The number of hydrogen-bond acceptors (Lipinski definition) is 2. The highest BCUT2D eigenvalue weighted by atomic mass is 32.2. The molecule has 0 N–H and O–H groups in total. The molecular weight excluding hydrogens is 180 g/mol. The molecule has 1 heterocycles. The Labute approximate surface area is 82.5 Å². The zero-order chi connectivity index (χ0) is 9.42. The molecule has 0 saturated heterocycles. The topological polar surface area (TPSA) is 17.1 Å². The molecule has 0 fully saturated rings. The molecular formula is C11H12OS. The third-order valence-electron chi connectivity index (χ3n) is 2.44. The molecule has 1 aliphatic rings. The number of fused-ring (bicyclic) bond motifs is 1. The number of Topliss-reactive ketones (excluding diaryl/α,β-unsaturated/α-hetero) is 1. The van der Waals surface area contributed by atoms with E-state index in [1.165, 1.54) is 10.5 Å². The quantitative estimate of drug-likeness (QED) is 0.636. The van der Waals surface area contributed by atoms with Gasteiger partial charge in [0.15, 0.2) is 5.78 Å². The summed E-state index contributed by atoms with van der Waals surface area (Å²) in [5.74, 6) is 1.91. The van der Waals surface area contributed by atoms with Gasteiger partial charge in [-0.3, -0.25) is 4.79 Å². The van der Waals surface area contributed by atoms with Gasteiger partial charge in [-0.25, -0.2) is 0 Å². The number of benzene rings is 1. The van der Waals surface area contributed by atoms with Gasteiger partial charge in [-0.15, -0.1) is 11.8 Å². The van der Waals surface area contributed by atoms with E-state index >= 15 is 0 Å². The molecule has 1 aromatic carbocycles. The lowest BCUT2D eigenvalue weighted by molar-refractivity contribution is 0.101. The van der Waals surface area contributed by atoms with Gasteiger partial charge in [-0.1, -0.05) is 13.0 Å². The molecule has 0 spiro atoms. The van der Waals surface area contributed by atoms with E-state index in [4.69, 9.17) is 0 Å². The highest BCUT2D eigenvalue weighted by Gasteiger charge is 2.19. The van der Waals surface area contributed by atoms with Gasteiger partial charge in [0, 0.05) is 16.2 Å². The van der Waals surface area contributed by atoms with Crippen molar-refractivity contribution in [2.24, 2.45) is 0 Å². The molecule has 1 nitrogen and oxygen atoms in total. The maximum atomic E-state index is 11.1. The highest BCUT2D eigenvalue weighted by molar-refractivity contribution is 7.99. The maximum Gasteiger partial charge on any atom is 0.159 e. The zero-order valence-corrected chi connectivity index (χ0v) is 8.65. The molecule has 0 saturated carbocycles. The minimum Gasteiger partial charge on any atom is -0.295 e. The van der Waals surface area contributed by atoms with Gasteiger partial charge in [0.05, 0.1) is 0 Å². The Morgan fingerprint density at radius 2 is 2.31 bits per heavy atom. The first-order valence-electron chi connectivity index (χ1n) is 4.46. The fourth-order valence-corrected chi connectivity index (χ4v) is 2.79. The van der Waals surface area contributed by atoms with E-state index in [1.54, 1.807) is 6.92 Å². The van der Waals surface area contributed by atoms with Gasteiger partial charge in [0.2, 0.25) is 0 Å². The standard InChI is InChI=1S/C11H12OS/c1-7-6-13-11-4-3-9(8(2)12)5-10(7)11/h3-5,7H,6H2,1-2H3. The number of thioether (sulfide) groups is 1. The molecule has 1 atom stereocenters. The minimum atomic E-state index is 0.159. The first kappa shape index (κ1) is 8.82. The van der Waals surface area contributed by atoms with E-state index in [0.717, 1.165) is 11.3 Å². The van der Waals surface area contributed by atoms with E-state index in [9.17, 15) is 4.79 Å². The third-order valence-corrected chi connectivity index (χ3v) is 3.79. The normalized spacial score (nSPS) is 20.0. The van der Waals surface area contributed by atoms with Crippen molar-refractivity contribution >= 4 is 17.5 Å². The monoisotopic (exact) mass is 192 g/mol. The Morgan fingerprint density at radius 1 is 1.54 bits per heavy atom. The number of rotatable bonds is 1. The fraction of sp³-hybridized carbons (Fsp3) is 0.364. The van der Waals surface area contributed by atoms with Crippen molar-refractivity contribution < 1.29 is 4.79 Å². The maximum absolute atomic E-state index is 11.1. The van der Waals surface area contributed by atoms with Gasteiger partial charge in [0.25, 0.3) is 0 Å². The van der Waals surface area contributed by atoms with E-state index < -0.39 is 0 Å². The molecule has 1 aromatic rings. The lowest BCUT2D eigenvalue weighted by atomic mass is 10.00. The first-order chi connectivity index (χ1) is 6.18. The summed E-state index contributed by atoms with van der Waals surface area (Å²) in [4.78, 5) is 12.5. The van der Waals surface area contributed by atoms with E-state index in [2.05, 4.69) is 13.0 Å². The molecule has 2 rings (SSSR count). The van der Waals surface area contributed by atoms with Crippen LogP contribution in [-0.2, 0) is 0 Å². The smallest absolute Gasteiger partial charge is 0.159 e. The second kappa shape index (κ2) is 3.18. The lowest BCUT2D eigenvalue weighted by Crippen LogP contribution is -1.95. The Balaban J connectivity index is 2.47.